The summed E-state index contributed by atoms with van der Waals surface area (Å²) in [4.78, 5) is 0. The molecule has 1 unspecified atom stereocenters. The summed E-state index contributed by atoms with van der Waals surface area (Å²) in [6, 6.07) is 3.80. The van der Waals surface area contributed by atoms with Gasteiger partial charge in [0.25, 0.3) is 0 Å². The van der Waals surface area contributed by atoms with Crippen molar-refractivity contribution in [3.63, 3.8) is 0 Å². The number of ether oxygens (including phenoxy) is 1. The van der Waals surface area contributed by atoms with Crippen LogP contribution >= 0.6 is 11.6 Å². The lowest BCUT2D eigenvalue weighted by Gasteiger charge is -2.34. The van der Waals surface area contributed by atoms with Gasteiger partial charge in [0.1, 0.15) is 5.75 Å². The zero-order chi connectivity index (χ0) is 16.4. The summed E-state index contributed by atoms with van der Waals surface area (Å²) in [5.41, 5.74) is 14.1. The molecule has 4 heteroatoms. The Morgan fingerprint density at radius 2 is 1.76 bits per heavy atom. The van der Waals surface area contributed by atoms with E-state index in [9.17, 15) is 0 Å². The van der Waals surface area contributed by atoms with Crippen LogP contribution in [0.4, 0.5) is 0 Å². The SMILES string of the molecule is COc1c(Cl)cc(C(C)(C)CC(C)(C)C)cc1C(N)CN. The van der Waals surface area contributed by atoms with Crippen LogP contribution in [0.15, 0.2) is 12.1 Å². The summed E-state index contributed by atoms with van der Waals surface area (Å²) in [7, 11) is 1.61. The molecule has 0 heterocycles. The molecule has 1 aromatic carbocycles. The number of rotatable bonds is 5. The molecule has 0 aliphatic carbocycles. The van der Waals surface area contributed by atoms with Crippen molar-refractivity contribution in [2.75, 3.05) is 13.7 Å². The van der Waals surface area contributed by atoms with Crippen LogP contribution < -0.4 is 16.2 Å². The van der Waals surface area contributed by atoms with Gasteiger partial charge in [0, 0.05) is 18.2 Å². The monoisotopic (exact) mass is 312 g/mol. The molecule has 0 saturated carbocycles. The van der Waals surface area contributed by atoms with E-state index < -0.39 is 0 Å². The average Bonchev–Trinajstić information content (AvgIpc) is 2.33. The normalized spacial score (nSPS) is 14.1. The summed E-state index contributed by atoms with van der Waals surface area (Å²) in [6.07, 6.45) is 1.04. The van der Waals surface area contributed by atoms with Gasteiger partial charge in [-0.1, -0.05) is 46.2 Å². The van der Waals surface area contributed by atoms with Gasteiger partial charge in [-0.15, -0.1) is 0 Å². The van der Waals surface area contributed by atoms with Gasteiger partial charge >= 0.3 is 0 Å². The largest absolute Gasteiger partial charge is 0.495 e. The Bertz CT molecular complexity index is 492. The van der Waals surface area contributed by atoms with Crippen LogP contribution in [0.25, 0.3) is 0 Å². The predicted molar refractivity (Wildman–Crippen MR) is 91.1 cm³/mol. The molecule has 0 bridgehead atoms. The second-order valence-corrected chi connectivity index (χ2v) is 7.95. The average molecular weight is 313 g/mol. The second-order valence-electron chi connectivity index (χ2n) is 7.54. The Hall–Kier alpha value is -0.770. The molecule has 0 fully saturated rings. The van der Waals surface area contributed by atoms with E-state index in [1.54, 1.807) is 7.11 Å². The number of halogens is 1. The fourth-order valence-electron chi connectivity index (χ4n) is 3.05. The molecule has 4 N–H and O–H groups in total. The predicted octanol–water partition coefficient (Wildman–Crippen LogP) is 4.02. The maximum absolute atomic E-state index is 6.39. The minimum absolute atomic E-state index is 0.00275. The van der Waals surface area contributed by atoms with Crippen molar-refractivity contribution in [3.05, 3.63) is 28.3 Å². The van der Waals surface area contributed by atoms with E-state index in [1.807, 2.05) is 6.07 Å². The Balaban J connectivity index is 3.35. The maximum Gasteiger partial charge on any atom is 0.142 e. The molecule has 3 nitrogen and oxygen atoms in total. The molecule has 0 aliphatic rings. The number of hydrogen-bond acceptors (Lipinski definition) is 3. The van der Waals surface area contributed by atoms with Gasteiger partial charge < -0.3 is 16.2 Å². The quantitative estimate of drug-likeness (QED) is 0.863. The first-order chi connectivity index (χ1) is 9.51. The first-order valence-electron chi connectivity index (χ1n) is 7.35. The molecule has 0 aliphatic heterocycles. The van der Waals surface area contributed by atoms with Crippen LogP contribution in [0.2, 0.25) is 5.02 Å². The fraction of sp³-hybridized carbons (Fsp3) is 0.647. The van der Waals surface area contributed by atoms with Crippen molar-refractivity contribution in [1.29, 1.82) is 0 Å². The van der Waals surface area contributed by atoms with E-state index in [2.05, 4.69) is 40.7 Å². The van der Waals surface area contributed by atoms with Crippen LogP contribution in [0, 0.1) is 5.41 Å². The summed E-state index contributed by atoms with van der Waals surface area (Å²) >= 11 is 6.39. The Kier molecular flexibility index (Phi) is 5.70. The third-order valence-corrected chi connectivity index (χ3v) is 3.96. The first-order valence-corrected chi connectivity index (χ1v) is 7.73. The van der Waals surface area contributed by atoms with Gasteiger partial charge in [-0.2, -0.15) is 0 Å². The number of hydrogen-bond donors (Lipinski definition) is 2. The molecule has 0 aromatic heterocycles. The Labute approximate surface area is 134 Å². The number of nitrogens with two attached hydrogens (primary N) is 2. The number of methoxy groups -OCH3 is 1. The van der Waals surface area contributed by atoms with Crippen LogP contribution in [0.1, 0.15) is 58.2 Å². The van der Waals surface area contributed by atoms with Crippen molar-refractivity contribution in [2.45, 2.75) is 52.5 Å². The van der Waals surface area contributed by atoms with Crippen LogP contribution in [0.5, 0.6) is 5.75 Å². The topological polar surface area (TPSA) is 61.3 Å². The lowest BCUT2D eigenvalue weighted by atomic mass is 9.72. The highest BCUT2D eigenvalue weighted by molar-refractivity contribution is 6.32. The van der Waals surface area contributed by atoms with Crippen molar-refractivity contribution in [3.8, 4) is 5.75 Å². The lowest BCUT2D eigenvalue weighted by Crippen LogP contribution is -2.26. The van der Waals surface area contributed by atoms with Crippen molar-refractivity contribution in [2.24, 2.45) is 16.9 Å². The van der Waals surface area contributed by atoms with E-state index >= 15 is 0 Å². The molecule has 21 heavy (non-hydrogen) atoms. The van der Waals surface area contributed by atoms with Gasteiger partial charge in [0.15, 0.2) is 0 Å². The molecule has 0 spiro atoms. The second kappa shape index (κ2) is 6.55. The third-order valence-electron chi connectivity index (χ3n) is 3.68. The molecule has 0 saturated heterocycles. The molecule has 1 aromatic rings. The van der Waals surface area contributed by atoms with Crippen molar-refractivity contribution in [1.82, 2.24) is 0 Å². The third kappa shape index (κ3) is 4.60. The smallest absolute Gasteiger partial charge is 0.142 e. The van der Waals surface area contributed by atoms with E-state index in [1.165, 1.54) is 5.56 Å². The minimum Gasteiger partial charge on any atom is -0.495 e. The standard InChI is InChI=1S/C17H29ClN2O/c1-16(2,3)10-17(4,5)11-7-12(14(20)9-19)15(21-6)13(18)8-11/h7-8,14H,9-10,19-20H2,1-6H3. The zero-order valence-corrected chi connectivity index (χ0v) is 14.8. The summed E-state index contributed by atoms with van der Waals surface area (Å²) in [5.74, 6) is 0.630. The van der Waals surface area contributed by atoms with Crippen LogP contribution in [-0.2, 0) is 5.41 Å². The van der Waals surface area contributed by atoms with Gasteiger partial charge in [-0.3, -0.25) is 0 Å². The molecule has 0 radical (unpaired) electrons. The number of benzene rings is 1. The zero-order valence-electron chi connectivity index (χ0n) is 14.1. The highest BCUT2D eigenvalue weighted by Gasteiger charge is 2.29. The van der Waals surface area contributed by atoms with Gasteiger partial charge in [0.05, 0.1) is 12.1 Å². The molecule has 1 rings (SSSR count). The first kappa shape index (κ1) is 18.3. The van der Waals surface area contributed by atoms with Gasteiger partial charge in [-0.05, 0) is 34.9 Å². The molecule has 0 amide bonds. The van der Waals surface area contributed by atoms with E-state index in [0.717, 1.165) is 12.0 Å². The molecular formula is C17H29ClN2O. The van der Waals surface area contributed by atoms with Gasteiger partial charge in [0.2, 0.25) is 0 Å². The molecule has 1 atom stereocenters. The van der Waals surface area contributed by atoms with Crippen molar-refractivity contribution < 1.29 is 4.74 Å². The fourth-order valence-corrected chi connectivity index (χ4v) is 3.35. The van der Waals surface area contributed by atoms with E-state index in [4.69, 9.17) is 27.8 Å². The summed E-state index contributed by atoms with van der Waals surface area (Å²) in [5, 5.41) is 0.593. The van der Waals surface area contributed by atoms with Gasteiger partial charge in [-0.25, -0.2) is 0 Å². The van der Waals surface area contributed by atoms with Crippen LogP contribution in [0.3, 0.4) is 0 Å². The van der Waals surface area contributed by atoms with Crippen LogP contribution in [-0.4, -0.2) is 13.7 Å². The Morgan fingerprint density at radius 3 is 2.19 bits per heavy atom. The minimum atomic E-state index is -0.275. The lowest BCUT2D eigenvalue weighted by molar-refractivity contribution is 0.283. The molecular weight excluding hydrogens is 284 g/mol. The van der Waals surface area contributed by atoms with Crippen molar-refractivity contribution >= 4 is 11.6 Å². The van der Waals surface area contributed by atoms with E-state index in [-0.39, 0.29) is 16.9 Å². The highest BCUT2D eigenvalue weighted by Crippen LogP contribution is 2.41. The van der Waals surface area contributed by atoms with E-state index in [0.29, 0.717) is 17.3 Å². The highest BCUT2D eigenvalue weighted by atomic mass is 35.5. The summed E-state index contributed by atoms with van der Waals surface area (Å²) < 4.78 is 5.40. The Morgan fingerprint density at radius 1 is 1.19 bits per heavy atom. The molecule has 120 valence electrons. The maximum atomic E-state index is 6.39. The summed E-state index contributed by atoms with van der Waals surface area (Å²) in [6.45, 7) is 11.5.